The Kier molecular flexibility index (Phi) is 4.79. The second kappa shape index (κ2) is 6.89. The molecule has 3 rings (SSSR count). The number of non-ortho nitro benzene ring substituents is 1. The van der Waals surface area contributed by atoms with E-state index < -0.39 is 14.9 Å². The summed E-state index contributed by atoms with van der Waals surface area (Å²) in [5.74, 6) is 0.310. The van der Waals surface area contributed by atoms with Gasteiger partial charge >= 0.3 is 0 Å². The Morgan fingerprint density at radius 3 is 2.46 bits per heavy atom. The van der Waals surface area contributed by atoms with Crippen LogP contribution in [-0.4, -0.2) is 54.6 Å². The molecule has 1 aromatic heterocycles. The minimum Gasteiger partial charge on any atom is -0.469 e. The van der Waals surface area contributed by atoms with Crippen molar-refractivity contribution >= 4 is 21.6 Å². The molecule has 1 saturated heterocycles. The average Bonchev–Trinajstić information content (AvgIpc) is 3.07. The molecule has 0 radical (unpaired) electrons. The van der Waals surface area contributed by atoms with Crippen LogP contribution in [0.1, 0.15) is 16.1 Å². The Bertz CT molecular complexity index is 944. The number of hydrogen-bond donors (Lipinski definition) is 0. The van der Waals surface area contributed by atoms with Crippen LogP contribution in [0.4, 0.5) is 5.69 Å². The minimum atomic E-state index is -3.86. The van der Waals surface area contributed by atoms with E-state index in [1.807, 2.05) is 0 Å². The maximum Gasteiger partial charge on any atom is 0.270 e. The van der Waals surface area contributed by atoms with Gasteiger partial charge in [0.15, 0.2) is 0 Å². The number of carbonyl (C=O) groups is 1. The number of aryl methyl sites for hydroxylation is 1. The van der Waals surface area contributed by atoms with Gasteiger partial charge in [0.1, 0.15) is 5.76 Å². The Labute approximate surface area is 150 Å². The highest BCUT2D eigenvalue weighted by molar-refractivity contribution is 7.89. The molecule has 26 heavy (non-hydrogen) atoms. The predicted octanol–water partition coefficient (Wildman–Crippen LogP) is 1.64. The maximum atomic E-state index is 12.7. The number of piperazine rings is 1. The standard InChI is InChI=1S/C16H17N3O6S/c1-12-15(5-10-25-12)16(20)17-6-8-18(9-7-17)26(23,24)14-4-2-3-13(11-14)19(21)22/h2-5,10-11H,6-9H2,1H3. The van der Waals surface area contributed by atoms with Crippen LogP contribution < -0.4 is 0 Å². The van der Waals surface area contributed by atoms with E-state index in [9.17, 15) is 23.3 Å². The van der Waals surface area contributed by atoms with E-state index in [-0.39, 0.29) is 42.7 Å². The number of nitro groups is 1. The van der Waals surface area contributed by atoms with Crippen molar-refractivity contribution in [1.82, 2.24) is 9.21 Å². The van der Waals surface area contributed by atoms with E-state index in [1.54, 1.807) is 17.9 Å². The molecule has 1 fully saturated rings. The molecule has 0 unspecified atom stereocenters. The molecule has 0 saturated carbocycles. The zero-order valence-electron chi connectivity index (χ0n) is 14.0. The largest absolute Gasteiger partial charge is 0.469 e. The molecule has 0 N–H and O–H groups in total. The lowest BCUT2D eigenvalue weighted by Crippen LogP contribution is -2.50. The molecule has 1 aliphatic heterocycles. The van der Waals surface area contributed by atoms with Crippen LogP contribution in [0.3, 0.4) is 0 Å². The molecular weight excluding hydrogens is 362 g/mol. The van der Waals surface area contributed by atoms with E-state index in [2.05, 4.69) is 0 Å². The fraction of sp³-hybridized carbons (Fsp3) is 0.312. The number of nitrogens with zero attached hydrogens (tertiary/aromatic N) is 3. The van der Waals surface area contributed by atoms with Crippen LogP contribution >= 0.6 is 0 Å². The molecule has 10 heteroatoms. The Balaban J connectivity index is 1.73. The molecule has 0 spiro atoms. The Hall–Kier alpha value is -2.72. The van der Waals surface area contributed by atoms with Gasteiger partial charge in [0, 0.05) is 38.3 Å². The Morgan fingerprint density at radius 2 is 1.88 bits per heavy atom. The first-order valence-corrected chi connectivity index (χ1v) is 9.32. The first kappa shape index (κ1) is 18.1. The van der Waals surface area contributed by atoms with Gasteiger partial charge in [-0.15, -0.1) is 0 Å². The van der Waals surface area contributed by atoms with Crippen LogP contribution in [0.25, 0.3) is 0 Å². The third-order valence-corrected chi connectivity index (χ3v) is 6.18. The summed E-state index contributed by atoms with van der Waals surface area (Å²) in [6.45, 7) is 2.40. The van der Waals surface area contributed by atoms with E-state index in [0.29, 0.717) is 11.3 Å². The monoisotopic (exact) mass is 379 g/mol. The highest BCUT2D eigenvalue weighted by atomic mass is 32.2. The second-order valence-electron chi connectivity index (χ2n) is 5.84. The first-order chi connectivity index (χ1) is 12.3. The molecule has 1 amide bonds. The Morgan fingerprint density at radius 1 is 1.19 bits per heavy atom. The van der Waals surface area contributed by atoms with Crippen LogP contribution in [0, 0.1) is 17.0 Å². The van der Waals surface area contributed by atoms with E-state index in [4.69, 9.17) is 4.42 Å². The number of hydrogen-bond acceptors (Lipinski definition) is 6. The van der Waals surface area contributed by atoms with Crippen molar-refractivity contribution < 1.29 is 22.6 Å². The van der Waals surface area contributed by atoms with Crippen molar-refractivity contribution in [2.75, 3.05) is 26.2 Å². The van der Waals surface area contributed by atoms with Crippen molar-refractivity contribution in [2.24, 2.45) is 0 Å². The van der Waals surface area contributed by atoms with Crippen molar-refractivity contribution in [1.29, 1.82) is 0 Å². The average molecular weight is 379 g/mol. The van der Waals surface area contributed by atoms with Gasteiger partial charge in [-0.05, 0) is 19.1 Å². The zero-order valence-corrected chi connectivity index (χ0v) is 14.8. The van der Waals surface area contributed by atoms with Gasteiger partial charge in [0.25, 0.3) is 11.6 Å². The normalized spacial score (nSPS) is 15.8. The van der Waals surface area contributed by atoms with Crippen molar-refractivity contribution in [3.05, 3.63) is 58.0 Å². The summed E-state index contributed by atoms with van der Waals surface area (Å²) >= 11 is 0. The van der Waals surface area contributed by atoms with Gasteiger partial charge < -0.3 is 9.32 Å². The molecule has 2 heterocycles. The van der Waals surface area contributed by atoms with Crippen LogP contribution in [0.2, 0.25) is 0 Å². The minimum absolute atomic E-state index is 0.119. The van der Waals surface area contributed by atoms with Gasteiger partial charge in [0.2, 0.25) is 10.0 Å². The van der Waals surface area contributed by atoms with Gasteiger partial charge in [-0.2, -0.15) is 4.31 Å². The van der Waals surface area contributed by atoms with Crippen LogP contribution in [-0.2, 0) is 10.0 Å². The molecule has 9 nitrogen and oxygen atoms in total. The van der Waals surface area contributed by atoms with E-state index in [1.165, 1.54) is 28.8 Å². The molecule has 138 valence electrons. The first-order valence-electron chi connectivity index (χ1n) is 7.88. The van der Waals surface area contributed by atoms with Gasteiger partial charge in [0.05, 0.1) is 21.6 Å². The second-order valence-corrected chi connectivity index (χ2v) is 7.78. The third kappa shape index (κ3) is 3.33. The predicted molar refractivity (Wildman–Crippen MR) is 91.2 cm³/mol. The smallest absolute Gasteiger partial charge is 0.270 e. The zero-order chi connectivity index (χ0) is 18.9. The van der Waals surface area contributed by atoms with Crippen molar-refractivity contribution in [3.8, 4) is 0 Å². The van der Waals surface area contributed by atoms with Gasteiger partial charge in [-0.25, -0.2) is 8.42 Å². The number of amides is 1. The fourth-order valence-corrected chi connectivity index (χ4v) is 4.28. The quantitative estimate of drug-likeness (QED) is 0.589. The van der Waals surface area contributed by atoms with E-state index in [0.717, 1.165) is 6.07 Å². The number of sulfonamides is 1. The summed E-state index contributed by atoms with van der Waals surface area (Å²) in [6.07, 6.45) is 1.44. The van der Waals surface area contributed by atoms with Crippen molar-refractivity contribution in [2.45, 2.75) is 11.8 Å². The molecule has 0 atom stereocenters. The number of rotatable bonds is 4. The number of carbonyl (C=O) groups excluding carboxylic acids is 1. The van der Waals surface area contributed by atoms with Crippen molar-refractivity contribution in [3.63, 3.8) is 0 Å². The highest BCUT2D eigenvalue weighted by Crippen LogP contribution is 2.22. The summed E-state index contributed by atoms with van der Waals surface area (Å²) < 4.78 is 31.8. The topological polar surface area (TPSA) is 114 Å². The maximum absolute atomic E-state index is 12.7. The molecule has 1 aliphatic rings. The van der Waals surface area contributed by atoms with Gasteiger partial charge in [-0.3, -0.25) is 14.9 Å². The SMILES string of the molecule is Cc1occc1C(=O)N1CCN(S(=O)(=O)c2cccc([N+](=O)[O-])c2)CC1. The lowest BCUT2D eigenvalue weighted by atomic mass is 10.2. The van der Waals surface area contributed by atoms with Crippen LogP contribution in [0.15, 0.2) is 45.9 Å². The molecule has 0 aliphatic carbocycles. The summed E-state index contributed by atoms with van der Waals surface area (Å²) in [5.41, 5.74) is 0.176. The third-order valence-electron chi connectivity index (χ3n) is 4.28. The van der Waals surface area contributed by atoms with E-state index >= 15 is 0 Å². The summed E-state index contributed by atoms with van der Waals surface area (Å²) in [4.78, 5) is 24.1. The van der Waals surface area contributed by atoms with Gasteiger partial charge in [-0.1, -0.05) is 6.07 Å². The molecule has 0 bridgehead atoms. The number of furan rings is 1. The summed E-state index contributed by atoms with van der Waals surface area (Å²) in [5, 5.41) is 10.9. The lowest BCUT2D eigenvalue weighted by molar-refractivity contribution is -0.385. The summed E-state index contributed by atoms with van der Waals surface area (Å²) in [6, 6.07) is 6.54. The highest BCUT2D eigenvalue weighted by Gasteiger charge is 2.31. The molecule has 2 aromatic rings. The number of benzene rings is 1. The fourth-order valence-electron chi connectivity index (χ4n) is 2.82. The van der Waals surface area contributed by atoms with Crippen LogP contribution in [0.5, 0.6) is 0 Å². The summed E-state index contributed by atoms with van der Waals surface area (Å²) in [7, 11) is -3.86. The number of nitro benzene ring substituents is 1. The lowest BCUT2D eigenvalue weighted by Gasteiger charge is -2.33. The molecule has 1 aromatic carbocycles. The molecular formula is C16H17N3O6S.